The monoisotopic (exact) mass is 496 g/mol. The zero-order valence-electron chi connectivity index (χ0n) is 16.5. The first kappa shape index (κ1) is 19.0. The van der Waals surface area contributed by atoms with Crippen molar-refractivity contribution in [2.75, 3.05) is 0 Å². The van der Waals surface area contributed by atoms with Crippen molar-refractivity contribution in [3.8, 4) is 9.75 Å². The van der Waals surface area contributed by atoms with Crippen molar-refractivity contribution in [1.29, 1.82) is 0 Å². The van der Waals surface area contributed by atoms with Gasteiger partial charge >= 0.3 is 0 Å². The molecule has 2 aromatic heterocycles. The van der Waals surface area contributed by atoms with Gasteiger partial charge in [0.05, 0.1) is 4.88 Å². The minimum atomic E-state index is 1.20. The molecule has 0 atom stereocenters. The molecule has 0 saturated carbocycles. The number of fused-ring (bicyclic) bond motifs is 2. The Hall–Kier alpha value is -2.72. The van der Waals surface area contributed by atoms with E-state index in [1.54, 1.807) is 22.7 Å². The number of benzene rings is 5. The lowest BCUT2D eigenvalue weighted by atomic mass is 9.90. The summed E-state index contributed by atoms with van der Waals surface area (Å²) in [7, 11) is 0. The minimum Gasteiger partial charge on any atom is -0.143 e. The summed E-state index contributed by atoms with van der Waals surface area (Å²) in [6.45, 7) is 0. The average Bonchev–Trinajstić information content (AvgIpc) is 3.49. The summed E-state index contributed by atoms with van der Waals surface area (Å²) < 4.78 is 1.20. The van der Waals surface area contributed by atoms with Gasteiger partial charge < -0.3 is 0 Å². The predicted octanol–water partition coefficient (Wildman–Crippen LogP) is 9.98. The Kier molecular flexibility index (Phi) is 4.76. The van der Waals surface area contributed by atoms with Crippen LogP contribution in [0.5, 0.6) is 0 Å². The fourth-order valence-corrected chi connectivity index (χ4v) is 7.06. The Bertz CT molecular complexity index is 1470. The summed E-state index contributed by atoms with van der Waals surface area (Å²) in [6.07, 6.45) is 0. The number of hydrogen-bond acceptors (Lipinski definition) is 2. The van der Waals surface area contributed by atoms with Crippen molar-refractivity contribution in [3.05, 3.63) is 106 Å². The van der Waals surface area contributed by atoms with Gasteiger partial charge in [-0.15, -0.1) is 22.7 Å². The van der Waals surface area contributed by atoms with Crippen LogP contribution in [0.15, 0.2) is 106 Å². The summed E-state index contributed by atoms with van der Waals surface area (Å²) in [4.78, 5) is 2.67. The van der Waals surface area contributed by atoms with Crippen LogP contribution in [0.1, 0.15) is 0 Å². The first-order chi connectivity index (χ1) is 15.3. The lowest BCUT2D eigenvalue weighted by Gasteiger charge is -2.13. The molecular formula is C28H17BrS2. The molecule has 0 aliphatic heterocycles. The lowest BCUT2D eigenvalue weighted by Crippen LogP contribution is -1.85. The number of thiophene rings is 2. The smallest absolute Gasteiger partial charge is 0.0584 e. The van der Waals surface area contributed by atoms with Gasteiger partial charge in [-0.25, -0.2) is 0 Å². The van der Waals surface area contributed by atoms with Crippen molar-refractivity contribution in [2.45, 2.75) is 0 Å². The SMILES string of the molecule is Brc1ccsc1-c1cccs1.c1cc2cccc3c4cccc5cccc(c(c1)c23)c54. The molecule has 7 rings (SSSR count). The second-order valence-corrected chi connectivity index (χ2v) is 10.2. The third-order valence-corrected chi connectivity index (χ3v) is 8.64. The molecule has 0 fully saturated rings. The fourth-order valence-electron chi connectivity index (χ4n) is 4.46. The molecule has 148 valence electrons. The van der Waals surface area contributed by atoms with E-state index < -0.39 is 0 Å². The third-order valence-electron chi connectivity index (χ3n) is 5.75. The van der Waals surface area contributed by atoms with Gasteiger partial charge in [-0.3, -0.25) is 0 Å². The van der Waals surface area contributed by atoms with E-state index in [4.69, 9.17) is 0 Å². The van der Waals surface area contributed by atoms with Gasteiger partial charge in [0.1, 0.15) is 0 Å². The zero-order chi connectivity index (χ0) is 20.8. The predicted molar refractivity (Wildman–Crippen MR) is 143 cm³/mol. The molecule has 0 spiro atoms. The highest BCUT2D eigenvalue weighted by Crippen LogP contribution is 2.39. The Morgan fingerprint density at radius 2 is 1.00 bits per heavy atom. The summed E-state index contributed by atoms with van der Waals surface area (Å²) in [5.74, 6) is 0. The quantitative estimate of drug-likeness (QED) is 0.156. The maximum absolute atomic E-state index is 3.50. The van der Waals surface area contributed by atoms with Crippen LogP contribution in [0.4, 0.5) is 0 Å². The second kappa shape index (κ2) is 7.76. The van der Waals surface area contributed by atoms with Gasteiger partial charge in [0.15, 0.2) is 0 Å². The van der Waals surface area contributed by atoms with Crippen molar-refractivity contribution < 1.29 is 0 Å². The molecule has 0 amide bonds. The van der Waals surface area contributed by atoms with Gasteiger partial charge in [-0.2, -0.15) is 0 Å². The van der Waals surface area contributed by atoms with E-state index in [9.17, 15) is 0 Å². The molecule has 0 aliphatic carbocycles. The van der Waals surface area contributed by atoms with E-state index >= 15 is 0 Å². The molecule has 0 radical (unpaired) electrons. The van der Waals surface area contributed by atoms with Crippen LogP contribution in [0.2, 0.25) is 0 Å². The zero-order valence-corrected chi connectivity index (χ0v) is 19.7. The summed E-state index contributed by atoms with van der Waals surface area (Å²) in [5, 5.41) is 15.1. The van der Waals surface area contributed by atoms with Crippen molar-refractivity contribution in [1.82, 2.24) is 0 Å². The first-order valence-corrected chi connectivity index (χ1v) is 12.7. The standard InChI is InChI=1S/C20H12.C8H5BrS2/c1-5-13-6-2-11-17-18-12-4-8-14-7-3-10-16(20(14)18)15(9-1)19(13)17;9-6-3-5-11-8(6)7-2-1-4-10-7/h1-12H;1-5H. The summed E-state index contributed by atoms with van der Waals surface area (Å²) in [6, 6.07) is 32.7. The Labute approximate surface area is 196 Å². The minimum absolute atomic E-state index is 1.20. The highest BCUT2D eigenvalue weighted by atomic mass is 79.9. The third kappa shape index (κ3) is 3.16. The maximum atomic E-state index is 3.50. The van der Waals surface area contributed by atoms with Gasteiger partial charge in [0.2, 0.25) is 0 Å². The van der Waals surface area contributed by atoms with Crippen molar-refractivity contribution in [2.24, 2.45) is 0 Å². The molecule has 0 unspecified atom stereocenters. The summed E-state index contributed by atoms with van der Waals surface area (Å²) >= 11 is 7.05. The normalized spacial score (nSPS) is 11.4. The molecule has 7 aromatic rings. The van der Waals surface area contributed by atoms with Crippen LogP contribution in [0, 0.1) is 0 Å². The van der Waals surface area contributed by atoms with Crippen molar-refractivity contribution in [3.63, 3.8) is 0 Å². The van der Waals surface area contributed by atoms with E-state index in [0.717, 1.165) is 0 Å². The molecule has 0 aliphatic rings. The maximum Gasteiger partial charge on any atom is 0.0584 e. The first-order valence-electron chi connectivity index (χ1n) is 10.1. The van der Waals surface area contributed by atoms with Crippen LogP contribution in [-0.2, 0) is 0 Å². The molecule has 5 aromatic carbocycles. The van der Waals surface area contributed by atoms with Crippen LogP contribution in [0.3, 0.4) is 0 Å². The van der Waals surface area contributed by atoms with E-state index in [1.165, 1.54) is 57.3 Å². The van der Waals surface area contributed by atoms with Crippen LogP contribution >= 0.6 is 38.6 Å². The van der Waals surface area contributed by atoms with Gasteiger partial charge in [0, 0.05) is 9.35 Å². The van der Waals surface area contributed by atoms with Crippen LogP contribution in [0.25, 0.3) is 52.8 Å². The van der Waals surface area contributed by atoms with E-state index in [0.29, 0.717) is 0 Å². The molecule has 2 heterocycles. The Morgan fingerprint density at radius 3 is 1.39 bits per heavy atom. The topological polar surface area (TPSA) is 0 Å². The van der Waals surface area contributed by atoms with Crippen molar-refractivity contribution >= 4 is 81.7 Å². The highest BCUT2D eigenvalue weighted by molar-refractivity contribution is 9.10. The molecule has 0 bridgehead atoms. The van der Waals surface area contributed by atoms with E-state index in [-0.39, 0.29) is 0 Å². The van der Waals surface area contributed by atoms with E-state index in [2.05, 4.69) is 118 Å². The molecular weight excluding hydrogens is 480 g/mol. The number of rotatable bonds is 1. The Morgan fingerprint density at radius 1 is 0.484 bits per heavy atom. The highest BCUT2D eigenvalue weighted by Gasteiger charge is 2.11. The average molecular weight is 497 g/mol. The number of hydrogen-bond donors (Lipinski definition) is 0. The van der Waals surface area contributed by atoms with Gasteiger partial charge in [-0.05, 0) is 81.9 Å². The lowest BCUT2D eigenvalue weighted by molar-refractivity contribution is 1.78. The molecule has 0 nitrogen and oxygen atoms in total. The largest absolute Gasteiger partial charge is 0.143 e. The van der Waals surface area contributed by atoms with Gasteiger partial charge in [0.25, 0.3) is 0 Å². The number of halogens is 1. The Balaban J connectivity index is 0.000000143. The molecule has 3 heteroatoms. The van der Waals surface area contributed by atoms with Crippen LogP contribution < -0.4 is 0 Å². The second-order valence-electron chi connectivity index (χ2n) is 7.49. The van der Waals surface area contributed by atoms with Gasteiger partial charge in [-0.1, -0.05) is 78.9 Å². The summed E-state index contributed by atoms with van der Waals surface area (Å²) in [5.41, 5.74) is 0. The van der Waals surface area contributed by atoms with Crippen LogP contribution in [-0.4, -0.2) is 0 Å². The molecule has 0 saturated heterocycles. The van der Waals surface area contributed by atoms with E-state index in [1.807, 2.05) is 0 Å². The molecule has 31 heavy (non-hydrogen) atoms. The fraction of sp³-hybridized carbons (Fsp3) is 0. The molecule has 0 N–H and O–H groups in total.